The van der Waals surface area contributed by atoms with E-state index in [-0.39, 0.29) is 0 Å². The Hall–Kier alpha value is 5.07. The first-order valence-corrected chi connectivity index (χ1v) is 13.1. The quantitative estimate of drug-likeness (QED) is 0.247. The Morgan fingerprint density at radius 3 is 1.10 bits per heavy atom. The van der Waals surface area contributed by atoms with Gasteiger partial charge in [-0.1, -0.05) is 175 Å². The number of hydrogen-bond acceptors (Lipinski definition) is 0. The molecule has 0 nitrogen and oxygen atoms in total. The van der Waals surface area contributed by atoms with Gasteiger partial charge in [-0.25, -0.2) is 0 Å². The van der Waals surface area contributed by atoms with Crippen LogP contribution in [0.15, 0.2) is 0 Å². The first-order valence-electron chi connectivity index (χ1n) is 4.35. The summed E-state index contributed by atoms with van der Waals surface area (Å²) in [5.74, 6) is 0. The van der Waals surface area contributed by atoms with Crippen LogP contribution >= 0.6 is 175 Å². The van der Waals surface area contributed by atoms with Crippen molar-refractivity contribution >= 4 is 175 Å². The summed E-state index contributed by atoms with van der Waals surface area (Å²) in [4.78, 5) is 0. The molecule has 0 aromatic carbocycles. The molecule has 0 saturated heterocycles. The van der Waals surface area contributed by atoms with Crippen molar-refractivity contribution in [2.24, 2.45) is 0 Å². The Labute approximate surface area is 212 Å². The highest BCUT2D eigenvalue weighted by molar-refractivity contribution is 9.42. The minimum Gasteiger partial charge on any atom is -0.168 e. The van der Waals surface area contributed by atoms with Gasteiger partial charge in [0.15, 0.2) is 5.38 Å². The fraction of sp³-hybridized carbons (Fsp3) is 1.00. The zero-order valence-corrected chi connectivity index (χ0v) is 26.4. The van der Waals surface area contributed by atoms with Crippen molar-refractivity contribution in [3.05, 3.63) is 0 Å². The van der Waals surface area contributed by atoms with Crippen LogP contribution in [-0.4, -0.2) is 21.3 Å². The zero-order valence-electron chi connectivity index (χ0n) is 9.00. The summed E-state index contributed by atoms with van der Waals surface area (Å²) in [6.45, 7) is 0. The van der Waals surface area contributed by atoms with Gasteiger partial charge in [-0.15, -0.1) is 0 Å². The van der Waals surface area contributed by atoms with Gasteiger partial charge in [-0.2, -0.15) is 13.2 Å². The molecule has 21 heavy (non-hydrogen) atoms. The predicted octanol–water partition coefficient (Wildman–Crippen LogP) is 9.72. The third-order valence-electron chi connectivity index (χ3n) is 2.07. The number of alkyl halides is 14. The molecular formula is C7H2Br11F3. The summed E-state index contributed by atoms with van der Waals surface area (Å²) in [6.07, 6.45) is -4.94. The second-order valence-corrected chi connectivity index (χ2v) is 24.9. The van der Waals surface area contributed by atoms with E-state index in [1.54, 1.807) is 0 Å². The SMILES string of the molecule is FC(F)(F)C(Br)(Br)CC(Br)(Br)C(Br)(Br)C(Br)(Br)C(Br)(Br)Br. The molecule has 0 N–H and O–H groups in total. The molecule has 0 unspecified atom stereocenters. The summed E-state index contributed by atoms with van der Waals surface area (Å²) in [5.41, 5.74) is 0. The highest BCUT2D eigenvalue weighted by Crippen LogP contribution is 2.70. The van der Waals surface area contributed by atoms with Crippen molar-refractivity contribution in [1.29, 1.82) is 0 Å². The normalized spacial score (nSPS) is 16.3. The van der Waals surface area contributed by atoms with Gasteiger partial charge in [0.2, 0.25) is 0 Å². The number of rotatable bonds is 4. The lowest BCUT2D eigenvalue weighted by molar-refractivity contribution is -0.135. The van der Waals surface area contributed by atoms with E-state index in [0.29, 0.717) is 0 Å². The second kappa shape index (κ2) is 8.21. The van der Waals surface area contributed by atoms with Gasteiger partial charge in [-0.3, -0.25) is 0 Å². The summed E-state index contributed by atoms with van der Waals surface area (Å²) >= 11 is 35.6. The van der Waals surface area contributed by atoms with Crippen LogP contribution in [0.2, 0.25) is 0 Å². The largest absolute Gasteiger partial charge is 0.413 e. The van der Waals surface area contributed by atoms with Crippen molar-refractivity contribution in [3.63, 3.8) is 0 Å². The van der Waals surface area contributed by atoms with Crippen molar-refractivity contribution in [3.8, 4) is 0 Å². The van der Waals surface area contributed by atoms with E-state index in [9.17, 15) is 13.2 Å². The molecule has 0 aromatic rings. The van der Waals surface area contributed by atoms with E-state index in [0.717, 1.165) is 0 Å². The molecule has 0 bridgehead atoms. The maximum Gasteiger partial charge on any atom is 0.413 e. The smallest absolute Gasteiger partial charge is 0.168 e. The third-order valence-corrected chi connectivity index (χ3v) is 19.4. The fourth-order valence-corrected chi connectivity index (χ4v) is 9.78. The molecule has 0 heterocycles. The Morgan fingerprint density at radius 1 is 0.524 bits per heavy atom. The Bertz CT molecular complexity index is 380. The van der Waals surface area contributed by atoms with Gasteiger partial charge in [0.25, 0.3) is 0 Å². The molecule has 0 atom stereocenters. The lowest BCUT2D eigenvalue weighted by Gasteiger charge is -2.48. The van der Waals surface area contributed by atoms with E-state index in [4.69, 9.17) is 0 Å². The molecule has 0 radical (unpaired) electrons. The third kappa shape index (κ3) is 6.02. The first-order chi connectivity index (χ1) is 8.71. The Morgan fingerprint density at radius 2 is 0.857 bits per heavy atom. The van der Waals surface area contributed by atoms with Crippen LogP contribution in [0.4, 0.5) is 13.2 Å². The molecule has 128 valence electrons. The van der Waals surface area contributed by atoms with Crippen LogP contribution in [0.3, 0.4) is 0 Å². The van der Waals surface area contributed by atoms with Crippen LogP contribution in [0, 0.1) is 0 Å². The maximum absolute atomic E-state index is 13.1. The standard InChI is InChI=1S/C7H2Br11F3/c8-2(9,1-3(10,11)7(19,20)21)4(12,13)5(14,15)6(16,17)18/h1H2. The summed E-state index contributed by atoms with van der Waals surface area (Å²) in [5, 5.41) is 0. The van der Waals surface area contributed by atoms with E-state index < -0.39 is 27.7 Å². The van der Waals surface area contributed by atoms with Crippen LogP contribution in [-0.2, 0) is 0 Å². The minimum absolute atomic E-state index is 0.429. The summed E-state index contributed by atoms with van der Waals surface area (Å²) in [6, 6.07) is 0. The maximum atomic E-state index is 13.1. The zero-order chi connectivity index (χ0) is 17.7. The molecule has 0 amide bonds. The van der Waals surface area contributed by atoms with Gasteiger partial charge in [-0.05, 0) is 0 Å². The van der Waals surface area contributed by atoms with Crippen LogP contribution in [0.5, 0.6) is 0 Å². The monoisotopic (exact) mass is 1010 g/mol. The molecular weight excluding hydrogens is 1020 g/mol. The van der Waals surface area contributed by atoms with Crippen molar-refractivity contribution in [1.82, 2.24) is 0 Å². The van der Waals surface area contributed by atoms with Crippen LogP contribution < -0.4 is 0 Å². The van der Waals surface area contributed by atoms with Gasteiger partial charge >= 0.3 is 6.18 Å². The molecule has 0 aliphatic rings. The molecule has 0 saturated carbocycles. The van der Waals surface area contributed by atoms with Gasteiger partial charge < -0.3 is 0 Å². The topological polar surface area (TPSA) is 0 Å². The highest BCUT2D eigenvalue weighted by atomic mass is 80.0. The van der Waals surface area contributed by atoms with Gasteiger partial charge in [0.1, 0.15) is 9.70 Å². The van der Waals surface area contributed by atoms with Crippen molar-refractivity contribution in [2.75, 3.05) is 0 Å². The van der Waals surface area contributed by atoms with Crippen molar-refractivity contribution in [2.45, 2.75) is 27.7 Å². The average Bonchev–Trinajstić information content (AvgIpc) is 2.11. The van der Waals surface area contributed by atoms with E-state index in [2.05, 4.69) is 175 Å². The Kier molecular flexibility index (Phi) is 10.2. The van der Waals surface area contributed by atoms with Gasteiger partial charge in [0, 0.05) is 6.42 Å². The number of halogens is 14. The molecule has 0 aliphatic carbocycles. The fourth-order valence-electron chi connectivity index (χ4n) is 0.898. The molecule has 0 aromatic heterocycles. The molecule has 0 spiro atoms. The first kappa shape index (κ1) is 26.1. The van der Waals surface area contributed by atoms with Crippen LogP contribution in [0.1, 0.15) is 6.42 Å². The van der Waals surface area contributed by atoms with Crippen molar-refractivity contribution < 1.29 is 13.2 Å². The number of hydrogen-bond donors (Lipinski definition) is 0. The minimum atomic E-state index is -4.51. The molecule has 0 rings (SSSR count). The highest BCUT2D eigenvalue weighted by Gasteiger charge is 2.67. The predicted molar refractivity (Wildman–Crippen MR) is 123 cm³/mol. The average molecular weight is 1020 g/mol. The summed E-state index contributed by atoms with van der Waals surface area (Å²) in [7, 11) is 0. The summed E-state index contributed by atoms with van der Waals surface area (Å²) < 4.78 is 32.5. The lowest BCUT2D eigenvalue weighted by Crippen LogP contribution is -2.56. The molecule has 0 aliphatic heterocycles. The van der Waals surface area contributed by atoms with E-state index in [1.807, 2.05) is 0 Å². The Balaban J connectivity index is 5.71. The van der Waals surface area contributed by atoms with E-state index >= 15 is 0 Å². The molecule has 14 heteroatoms. The van der Waals surface area contributed by atoms with Crippen LogP contribution in [0.25, 0.3) is 0 Å². The van der Waals surface area contributed by atoms with E-state index in [1.165, 1.54) is 0 Å². The molecule has 0 fully saturated rings. The lowest BCUT2D eigenvalue weighted by atomic mass is 10.1. The van der Waals surface area contributed by atoms with Gasteiger partial charge in [0.05, 0.1) is 0 Å². The second-order valence-electron chi connectivity index (χ2n) is 3.73.